The molecule has 0 amide bonds. The van der Waals surface area contributed by atoms with Crippen molar-refractivity contribution in [2.24, 2.45) is 10.8 Å². The molecule has 6 heteroatoms. The van der Waals surface area contributed by atoms with Gasteiger partial charge in [-0.3, -0.25) is 9.59 Å². The maximum Gasteiger partial charge on any atom is 0.335 e. The lowest BCUT2D eigenvalue weighted by Gasteiger charge is -2.49. The molecule has 0 atom stereocenters. The predicted octanol–water partition coefficient (Wildman–Crippen LogP) is 6.41. The molecule has 0 aromatic heterocycles. The van der Waals surface area contributed by atoms with Gasteiger partial charge in [0.25, 0.3) is 0 Å². The van der Waals surface area contributed by atoms with Gasteiger partial charge in [0.2, 0.25) is 0 Å². The van der Waals surface area contributed by atoms with Gasteiger partial charge in [-0.25, -0.2) is 9.18 Å². The van der Waals surface area contributed by atoms with E-state index in [1.807, 2.05) is 4.90 Å². The van der Waals surface area contributed by atoms with Gasteiger partial charge in [0, 0.05) is 47.0 Å². The van der Waals surface area contributed by atoms with Crippen molar-refractivity contribution in [2.75, 3.05) is 4.90 Å². The van der Waals surface area contributed by atoms with Crippen molar-refractivity contribution in [3.63, 3.8) is 0 Å². The highest BCUT2D eigenvalue weighted by molar-refractivity contribution is 6.08. The number of anilines is 1. The Balaban J connectivity index is 1.80. The molecule has 3 aliphatic rings. The minimum atomic E-state index is -1.01. The largest absolute Gasteiger partial charge is 0.478 e. The van der Waals surface area contributed by atoms with E-state index in [2.05, 4.69) is 27.7 Å². The summed E-state index contributed by atoms with van der Waals surface area (Å²) in [7, 11) is 0. The summed E-state index contributed by atoms with van der Waals surface area (Å²) >= 11 is 0. The van der Waals surface area contributed by atoms with Gasteiger partial charge < -0.3 is 10.0 Å². The van der Waals surface area contributed by atoms with E-state index in [1.54, 1.807) is 36.4 Å². The summed E-state index contributed by atoms with van der Waals surface area (Å²) in [6, 6.07) is 12.7. The van der Waals surface area contributed by atoms with Gasteiger partial charge in [-0.05, 0) is 65.6 Å². The molecular weight excluding hydrogens is 457 g/mol. The quantitative estimate of drug-likeness (QED) is 0.541. The number of carboxylic acid groups (broad SMARTS) is 1. The van der Waals surface area contributed by atoms with Crippen molar-refractivity contribution < 1.29 is 23.9 Å². The number of carboxylic acids is 1. The Morgan fingerprint density at radius 1 is 0.806 bits per heavy atom. The zero-order chi connectivity index (χ0) is 26.0. The molecule has 0 unspecified atom stereocenters. The third kappa shape index (κ3) is 4.08. The summed E-state index contributed by atoms with van der Waals surface area (Å²) in [5.41, 5.74) is 3.94. The second-order valence-corrected chi connectivity index (χ2v) is 11.8. The fraction of sp³-hybridized carbons (Fsp3) is 0.367. The SMILES string of the molecule is CC1(C)CC(=O)C2=C(C1)N(c1ccc(C(=O)O)cc1)C1=C(C(=O)CC(C)(C)C1)C2c1ccc(F)cc1. The lowest BCUT2D eigenvalue weighted by atomic mass is 9.63. The van der Waals surface area contributed by atoms with Gasteiger partial charge in [0.1, 0.15) is 5.82 Å². The molecule has 2 aliphatic carbocycles. The minimum Gasteiger partial charge on any atom is -0.478 e. The van der Waals surface area contributed by atoms with E-state index >= 15 is 0 Å². The number of halogens is 1. The third-order valence-corrected chi connectivity index (χ3v) is 7.49. The van der Waals surface area contributed by atoms with Crippen LogP contribution in [-0.4, -0.2) is 22.6 Å². The molecule has 5 rings (SSSR count). The molecule has 0 fully saturated rings. The standard InChI is InChI=1S/C30H30FNO4/c1-29(2)13-21-26(23(33)15-29)25(17-5-9-19(31)10-6-17)27-22(14-30(3,4)16-24(27)34)32(21)20-11-7-18(8-12-20)28(35)36/h5-12,25H,13-16H2,1-4H3,(H,35,36). The number of allylic oxidation sites excluding steroid dienone is 4. The number of carbonyl (C=O) groups is 3. The number of benzene rings is 2. The number of carbonyl (C=O) groups excluding carboxylic acids is 2. The van der Waals surface area contributed by atoms with Gasteiger partial charge in [-0.2, -0.15) is 0 Å². The van der Waals surface area contributed by atoms with Crippen LogP contribution in [0.3, 0.4) is 0 Å². The molecule has 5 nitrogen and oxygen atoms in total. The van der Waals surface area contributed by atoms with Crippen molar-refractivity contribution in [1.29, 1.82) is 0 Å². The van der Waals surface area contributed by atoms with E-state index in [9.17, 15) is 23.9 Å². The van der Waals surface area contributed by atoms with E-state index in [4.69, 9.17) is 0 Å². The van der Waals surface area contributed by atoms with Gasteiger partial charge in [-0.1, -0.05) is 39.8 Å². The number of rotatable bonds is 3. The highest BCUT2D eigenvalue weighted by Crippen LogP contribution is 2.55. The number of aromatic carboxylic acids is 1. The lowest BCUT2D eigenvalue weighted by Crippen LogP contribution is -2.44. The van der Waals surface area contributed by atoms with Crippen LogP contribution in [0.5, 0.6) is 0 Å². The van der Waals surface area contributed by atoms with Crippen LogP contribution < -0.4 is 4.90 Å². The average Bonchev–Trinajstić information content (AvgIpc) is 2.77. The van der Waals surface area contributed by atoms with Crippen LogP contribution in [0.25, 0.3) is 0 Å². The first kappa shape index (κ1) is 24.2. The number of hydrogen-bond acceptors (Lipinski definition) is 4. The van der Waals surface area contributed by atoms with Gasteiger partial charge in [-0.15, -0.1) is 0 Å². The normalized spacial score (nSPS) is 21.4. The zero-order valence-electron chi connectivity index (χ0n) is 21.0. The number of nitrogens with zero attached hydrogens (tertiary/aromatic N) is 1. The summed E-state index contributed by atoms with van der Waals surface area (Å²) in [6.07, 6.45) is 1.96. The van der Waals surface area contributed by atoms with E-state index in [0.29, 0.717) is 36.8 Å². The summed E-state index contributed by atoms with van der Waals surface area (Å²) in [6.45, 7) is 8.25. The second-order valence-electron chi connectivity index (χ2n) is 11.8. The molecular formula is C30H30FNO4. The monoisotopic (exact) mass is 487 g/mol. The maximum atomic E-state index is 13.8. The van der Waals surface area contributed by atoms with Crippen LogP contribution in [0.2, 0.25) is 0 Å². The summed E-state index contributed by atoms with van der Waals surface area (Å²) in [5.74, 6) is -1.94. The Kier molecular flexibility index (Phi) is 5.54. The van der Waals surface area contributed by atoms with Crippen molar-refractivity contribution in [2.45, 2.75) is 59.3 Å². The highest BCUT2D eigenvalue weighted by Gasteiger charge is 2.49. The van der Waals surface area contributed by atoms with E-state index in [-0.39, 0.29) is 33.8 Å². The minimum absolute atomic E-state index is 0.00749. The fourth-order valence-corrected chi connectivity index (χ4v) is 6.02. The van der Waals surface area contributed by atoms with Crippen LogP contribution in [-0.2, 0) is 9.59 Å². The first-order chi connectivity index (χ1) is 16.9. The molecule has 2 aromatic carbocycles. The molecule has 2 aromatic rings. The van der Waals surface area contributed by atoms with Crippen LogP contribution in [0.1, 0.15) is 75.2 Å². The molecule has 0 saturated carbocycles. The van der Waals surface area contributed by atoms with E-state index in [0.717, 1.165) is 22.6 Å². The first-order valence-corrected chi connectivity index (χ1v) is 12.3. The van der Waals surface area contributed by atoms with E-state index < -0.39 is 11.9 Å². The molecule has 1 aliphatic heterocycles. The van der Waals surface area contributed by atoms with Crippen LogP contribution in [0, 0.1) is 16.6 Å². The number of Topliss-reactive ketones (excluding diaryl/α,β-unsaturated/α-hetero) is 2. The van der Waals surface area contributed by atoms with Crippen molar-refractivity contribution in [1.82, 2.24) is 0 Å². The van der Waals surface area contributed by atoms with Crippen LogP contribution in [0.4, 0.5) is 10.1 Å². The van der Waals surface area contributed by atoms with Gasteiger partial charge in [0.15, 0.2) is 11.6 Å². The molecule has 0 saturated heterocycles. The zero-order valence-corrected chi connectivity index (χ0v) is 21.0. The average molecular weight is 488 g/mol. The smallest absolute Gasteiger partial charge is 0.335 e. The number of ketones is 2. The lowest BCUT2D eigenvalue weighted by molar-refractivity contribution is -0.119. The predicted molar refractivity (Wildman–Crippen MR) is 135 cm³/mol. The molecule has 0 spiro atoms. The second kappa shape index (κ2) is 8.26. The first-order valence-electron chi connectivity index (χ1n) is 12.3. The highest BCUT2D eigenvalue weighted by atomic mass is 19.1. The van der Waals surface area contributed by atoms with Crippen molar-refractivity contribution >= 4 is 23.2 Å². The van der Waals surface area contributed by atoms with Gasteiger partial charge in [0.05, 0.1) is 5.56 Å². The van der Waals surface area contributed by atoms with Crippen molar-refractivity contribution in [3.8, 4) is 0 Å². The Morgan fingerprint density at radius 2 is 1.28 bits per heavy atom. The van der Waals surface area contributed by atoms with Crippen LogP contribution >= 0.6 is 0 Å². The summed E-state index contributed by atoms with van der Waals surface area (Å²) < 4.78 is 13.8. The maximum absolute atomic E-state index is 13.8. The fourth-order valence-electron chi connectivity index (χ4n) is 6.02. The van der Waals surface area contributed by atoms with Gasteiger partial charge >= 0.3 is 5.97 Å². The Bertz CT molecular complexity index is 1290. The topological polar surface area (TPSA) is 74.7 Å². The molecule has 36 heavy (non-hydrogen) atoms. The molecule has 0 radical (unpaired) electrons. The number of hydrogen-bond donors (Lipinski definition) is 1. The van der Waals surface area contributed by atoms with Crippen molar-refractivity contribution in [3.05, 3.63) is 88.0 Å². The molecule has 186 valence electrons. The Hall–Kier alpha value is -3.54. The Morgan fingerprint density at radius 3 is 1.72 bits per heavy atom. The van der Waals surface area contributed by atoms with E-state index in [1.165, 1.54) is 12.1 Å². The molecule has 0 bridgehead atoms. The molecule has 1 heterocycles. The third-order valence-electron chi connectivity index (χ3n) is 7.49. The van der Waals surface area contributed by atoms with Crippen LogP contribution in [0.15, 0.2) is 71.1 Å². The Labute approximate surface area is 210 Å². The summed E-state index contributed by atoms with van der Waals surface area (Å²) in [5, 5.41) is 9.40. The summed E-state index contributed by atoms with van der Waals surface area (Å²) in [4.78, 5) is 41.0. The molecule has 1 N–H and O–H groups in total.